The molecule has 1 atom stereocenters. The van der Waals surface area contributed by atoms with E-state index in [0.717, 1.165) is 53.1 Å². The normalized spacial score (nSPS) is 15.1. The molecule has 3 aromatic heterocycles. The van der Waals surface area contributed by atoms with Crippen LogP contribution in [0, 0.1) is 5.82 Å². The van der Waals surface area contributed by atoms with Crippen LogP contribution in [0.3, 0.4) is 0 Å². The van der Waals surface area contributed by atoms with Crippen molar-refractivity contribution in [1.82, 2.24) is 24.2 Å². The second-order valence-corrected chi connectivity index (χ2v) is 12.1. The van der Waals surface area contributed by atoms with Gasteiger partial charge in [0.15, 0.2) is 16.4 Å². The largest absolute Gasteiger partial charge is 0.486 e. The van der Waals surface area contributed by atoms with E-state index < -0.39 is 17.9 Å². The maximum Gasteiger partial charge on any atom is 0.351 e. The van der Waals surface area contributed by atoms with Crippen molar-refractivity contribution in [2.45, 2.75) is 32.0 Å². The monoisotopic (exact) mass is 623 g/mol. The van der Waals surface area contributed by atoms with Gasteiger partial charge in [0, 0.05) is 43.5 Å². The van der Waals surface area contributed by atoms with Crippen molar-refractivity contribution >= 4 is 39.9 Å². The third-order valence-corrected chi connectivity index (χ3v) is 9.13. The van der Waals surface area contributed by atoms with E-state index in [9.17, 15) is 9.18 Å². The molecule has 2 aromatic carbocycles. The molecule has 0 amide bonds. The first kappa shape index (κ1) is 29.2. The molecule has 1 aliphatic heterocycles. The lowest BCUT2D eigenvalue weighted by atomic mass is 10.1. The number of ether oxygens (including phenoxy) is 3. The van der Waals surface area contributed by atoms with Gasteiger partial charge in [-0.25, -0.2) is 14.2 Å². The zero-order chi connectivity index (χ0) is 30.2. The number of carbonyl (C=O) groups is 1. The third kappa shape index (κ3) is 5.84. The van der Waals surface area contributed by atoms with E-state index in [-0.39, 0.29) is 16.9 Å². The van der Waals surface area contributed by atoms with Crippen LogP contribution in [0.2, 0.25) is 5.02 Å². The summed E-state index contributed by atoms with van der Waals surface area (Å²) < 4.78 is 35.9. The second-order valence-electron chi connectivity index (χ2n) is 10.7. The summed E-state index contributed by atoms with van der Waals surface area (Å²) in [5.41, 5.74) is 4.20. The lowest BCUT2D eigenvalue weighted by Gasteiger charge is -2.30. The molecule has 0 aliphatic carbocycles. The number of nitrogens with zero attached hydrogens (tertiary/aromatic N) is 5. The van der Waals surface area contributed by atoms with Crippen LogP contribution in [0.5, 0.6) is 11.5 Å². The topological polar surface area (TPSA) is 83.6 Å². The summed E-state index contributed by atoms with van der Waals surface area (Å²) in [6, 6.07) is 10.7. The van der Waals surface area contributed by atoms with Gasteiger partial charge >= 0.3 is 5.97 Å². The molecule has 0 bridgehead atoms. The van der Waals surface area contributed by atoms with Crippen LogP contribution >= 0.6 is 22.9 Å². The Balaban J connectivity index is 1.29. The van der Waals surface area contributed by atoms with Gasteiger partial charge < -0.3 is 19.1 Å². The van der Waals surface area contributed by atoms with Gasteiger partial charge in [-0.05, 0) is 50.6 Å². The van der Waals surface area contributed by atoms with Crippen LogP contribution in [-0.2, 0) is 11.8 Å². The van der Waals surface area contributed by atoms with Crippen molar-refractivity contribution in [3.63, 3.8) is 0 Å². The smallest absolute Gasteiger partial charge is 0.351 e. The Kier molecular flexibility index (Phi) is 8.13. The second kappa shape index (κ2) is 12.0. The van der Waals surface area contributed by atoms with Crippen molar-refractivity contribution < 1.29 is 23.4 Å². The fourth-order valence-corrected chi connectivity index (χ4v) is 6.58. The van der Waals surface area contributed by atoms with Crippen LogP contribution in [-0.4, -0.2) is 63.6 Å². The van der Waals surface area contributed by atoms with E-state index >= 15 is 0 Å². The molecule has 5 aromatic rings. The maximum absolute atomic E-state index is 14.8. The van der Waals surface area contributed by atoms with Crippen molar-refractivity contribution in [2.75, 3.05) is 27.2 Å². The number of rotatable bonds is 8. The Morgan fingerprint density at radius 1 is 1.14 bits per heavy atom. The van der Waals surface area contributed by atoms with Gasteiger partial charge in [0.2, 0.25) is 0 Å². The molecule has 1 aliphatic rings. The van der Waals surface area contributed by atoms with E-state index in [4.69, 9.17) is 25.8 Å². The fraction of sp³-hybridized carbons (Fsp3) is 0.323. The number of aromatic nitrogens is 4. The van der Waals surface area contributed by atoms with Crippen LogP contribution in [0.1, 0.15) is 41.1 Å². The highest BCUT2D eigenvalue weighted by molar-refractivity contribution is 7.16. The van der Waals surface area contributed by atoms with Gasteiger partial charge in [-0.3, -0.25) is 9.25 Å². The number of benzene rings is 2. The lowest BCUT2D eigenvalue weighted by molar-refractivity contribution is 0.0600. The number of likely N-dealkylation sites (tertiary alicyclic amines) is 1. The molecule has 9 nitrogen and oxygen atoms in total. The Bertz CT molecular complexity index is 1790. The van der Waals surface area contributed by atoms with E-state index in [2.05, 4.69) is 22.0 Å². The summed E-state index contributed by atoms with van der Waals surface area (Å²) in [4.78, 5) is 19.9. The number of imidazole rings is 1. The first-order chi connectivity index (χ1) is 20.7. The number of fused-ring (bicyclic) bond motifs is 1. The SMILES string of the molecule is COC(=O)c1sc(-n2cnc3cc(-c4cnn(C)c4)ccc32)cc1OC(C)c1ccc(F)c(OC2CCN(C)CC2)c1Cl. The number of piperidine rings is 1. The molecule has 4 heterocycles. The predicted octanol–water partition coefficient (Wildman–Crippen LogP) is 6.68. The molecule has 6 rings (SSSR count). The van der Waals surface area contributed by atoms with Crippen LogP contribution in [0.25, 0.3) is 27.2 Å². The number of esters is 1. The number of hydrogen-bond acceptors (Lipinski definition) is 8. The van der Waals surface area contributed by atoms with E-state index in [1.807, 2.05) is 42.2 Å². The quantitative estimate of drug-likeness (QED) is 0.178. The van der Waals surface area contributed by atoms with E-state index in [1.54, 1.807) is 30.1 Å². The number of carbonyl (C=O) groups excluding carboxylic acids is 1. The lowest BCUT2D eigenvalue weighted by Crippen LogP contribution is -2.35. The maximum atomic E-state index is 14.8. The fourth-order valence-electron chi connectivity index (χ4n) is 5.23. The minimum absolute atomic E-state index is 0.0268. The molecule has 1 saturated heterocycles. The van der Waals surface area contributed by atoms with Gasteiger partial charge in [-0.15, -0.1) is 11.3 Å². The molecule has 0 N–H and O–H groups in total. The molecule has 0 saturated carbocycles. The number of thiophene rings is 1. The zero-order valence-corrected chi connectivity index (χ0v) is 25.8. The average molecular weight is 624 g/mol. The van der Waals surface area contributed by atoms with Crippen molar-refractivity contribution in [2.24, 2.45) is 7.05 Å². The van der Waals surface area contributed by atoms with Crippen molar-refractivity contribution in [3.8, 4) is 27.6 Å². The Morgan fingerprint density at radius 2 is 1.93 bits per heavy atom. The molecule has 0 spiro atoms. The van der Waals surface area contributed by atoms with Gasteiger partial charge in [0.1, 0.15) is 29.3 Å². The number of methoxy groups -OCH3 is 1. The standard InChI is InChI=1S/C31H31ClFN5O4S/c1-18(22-6-7-23(33)29(28(22)32)42-21-9-11-36(2)12-10-21)41-26-14-27(43-30(26)31(39)40-4)38-17-34-24-13-19(5-8-25(24)38)20-15-35-37(3)16-20/h5-8,13-18,21H,9-12H2,1-4H3. The van der Waals surface area contributed by atoms with Gasteiger partial charge in [0.05, 0.1) is 29.4 Å². The van der Waals surface area contributed by atoms with Gasteiger partial charge in [-0.2, -0.15) is 5.10 Å². The Morgan fingerprint density at radius 3 is 2.65 bits per heavy atom. The number of hydrogen-bond donors (Lipinski definition) is 0. The zero-order valence-electron chi connectivity index (χ0n) is 24.2. The minimum Gasteiger partial charge on any atom is -0.486 e. The predicted molar refractivity (Wildman–Crippen MR) is 164 cm³/mol. The van der Waals surface area contributed by atoms with Crippen LogP contribution in [0.4, 0.5) is 4.39 Å². The molecular weight excluding hydrogens is 593 g/mol. The summed E-state index contributed by atoms with van der Waals surface area (Å²) in [6.07, 6.45) is 6.30. The summed E-state index contributed by atoms with van der Waals surface area (Å²) in [5.74, 6) is -0.699. The molecule has 1 unspecified atom stereocenters. The highest BCUT2D eigenvalue weighted by Gasteiger charge is 2.26. The molecule has 43 heavy (non-hydrogen) atoms. The van der Waals surface area contributed by atoms with Crippen molar-refractivity contribution in [1.29, 1.82) is 0 Å². The number of halogens is 2. The first-order valence-electron chi connectivity index (χ1n) is 13.9. The molecule has 0 radical (unpaired) electrons. The summed E-state index contributed by atoms with van der Waals surface area (Å²) in [5, 5.41) is 5.13. The highest BCUT2D eigenvalue weighted by atomic mass is 35.5. The first-order valence-corrected chi connectivity index (χ1v) is 15.1. The highest BCUT2D eigenvalue weighted by Crippen LogP contribution is 2.41. The molecule has 224 valence electrons. The summed E-state index contributed by atoms with van der Waals surface area (Å²) in [6.45, 7) is 3.54. The third-order valence-electron chi connectivity index (χ3n) is 7.65. The van der Waals surface area contributed by atoms with E-state index in [1.165, 1.54) is 24.5 Å². The molecule has 12 heteroatoms. The van der Waals surface area contributed by atoms with Crippen LogP contribution < -0.4 is 9.47 Å². The Labute approximate surface area is 257 Å². The summed E-state index contributed by atoms with van der Waals surface area (Å²) >= 11 is 7.93. The average Bonchev–Trinajstić information content (AvgIpc) is 3.73. The molecular formula is C31H31ClFN5O4S. The Hall–Kier alpha value is -3.93. The van der Waals surface area contributed by atoms with Gasteiger partial charge in [-0.1, -0.05) is 23.7 Å². The summed E-state index contributed by atoms with van der Waals surface area (Å²) in [7, 11) is 5.25. The van der Waals surface area contributed by atoms with Crippen molar-refractivity contribution in [3.05, 3.63) is 76.4 Å². The van der Waals surface area contributed by atoms with E-state index in [0.29, 0.717) is 16.2 Å². The minimum atomic E-state index is -0.625. The van der Waals surface area contributed by atoms with Crippen LogP contribution in [0.15, 0.2) is 55.1 Å². The molecule has 1 fully saturated rings. The number of aryl methyl sites for hydroxylation is 1. The van der Waals surface area contributed by atoms with Gasteiger partial charge in [0.25, 0.3) is 0 Å².